The van der Waals surface area contributed by atoms with Crippen LogP contribution in [0.5, 0.6) is 0 Å². The fourth-order valence-corrected chi connectivity index (χ4v) is 5.65. The van der Waals surface area contributed by atoms with Gasteiger partial charge in [-0.3, -0.25) is 4.31 Å². The van der Waals surface area contributed by atoms with E-state index in [2.05, 4.69) is 23.3 Å². The van der Waals surface area contributed by atoms with Crippen molar-refractivity contribution in [2.45, 2.75) is 17.5 Å². The molecule has 3 aromatic carbocycles. The van der Waals surface area contributed by atoms with Crippen molar-refractivity contribution in [1.82, 2.24) is 4.57 Å². The highest BCUT2D eigenvalue weighted by Gasteiger charge is 2.23. The highest BCUT2D eigenvalue weighted by Crippen LogP contribution is 2.30. The van der Waals surface area contributed by atoms with Crippen LogP contribution < -0.4 is 4.31 Å². The summed E-state index contributed by atoms with van der Waals surface area (Å²) in [6.45, 7) is 4.07. The molecule has 0 aliphatic carbocycles. The summed E-state index contributed by atoms with van der Waals surface area (Å²) in [5.74, 6) is 0. The smallest absolute Gasteiger partial charge is 0.232 e. The summed E-state index contributed by atoms with van der Waals surface area (Å²) in [6, 6.07) is 21.6. The highest BCUT2D eigenvalue weighted by molar-refractivity contribution is 7.98. The average molecular weight is 467 g/mol. The van der Waals surface area contributed by atoms with E-state index < -0.39 is 16.1 Å². The largest absolute Gasteiger partial charge is 0.389 e. The number of hydrogen-bond donors (Lipinski definition) is 1. The Morgan fingerprint density at radius 3 is 2.19 bits per heavy atom. The number of para-hydroxylation sites is 2. The number of sulfonamides is 1. The lowest BCUT2D eigenvalue weighted by molar-refractivity contribution is 0.166. The van der Waals surface area contributed by atoms with Crippen molar-refractivity contribution in [3.05, 3.63) is 78.9 Å². The van der Waals surface area contributed by atoms with E-state index in [1.165, 1.54) is 4.31 Å². The van der Waals surface area contributed by atoms with Gasteiger partial charge in [-0.05, 0) is 42.2 Å². The summed E-state index contributed by atoms with van der Waals surface area (Å²) >= 11 is 1.57. The third-order valence-electron chi connectivity index (χ3n) is 5.57. The van der Waals surface area contributed by atoms with Crippen LogP contribution in [0, 0.1) is 0 Å². The molecule has 7 heteroatoms. The molecule has 4 aromatic rings. The molecule has 1 atom stereocenters. The number of aliphatic hydroxyl groups excluding tert-OH is 1. The number of anilines is 1. The second-order valence-corrected chi connectivity index (χ2v) is 10.5. The van der Waals surface area contributed by atoms with Crippen molar-refractivity contribution in [2.75, 3.05) is 23.4 Å². The van der Waals surface area contributed by atoms with Crippen LogP contribution in [0.25, 0.3) is 27.9 Å². The Morgan fingerprint density at radius 2 is 1.66 bits per heavy atom. The molecular formula is C25H26N2O3S2. The normalized spacial score (nSPS) is 12.8. The van der Waals surface area contributed by atoms with E-state index in [0.717, 1.165) is 38.5 Å². The number of aliphatic hydroxyl groups is 1. The van der Waals surface area contributed by atoms with Crippen molar-refractivity contribution in [3.63, 3.8) is 0 Å². The summed E-state index contributed by atoms with van der Waals surface area (Å²) in [4.78, 5) is 1.02. The lowest BCUT2D eigenvalue weighted by atomic mass is 10.2. The van der Waals surface area contributed by atoms with Gasteiger partial charge in [0.25, 0.3) is 0 Å². The molecule has 0 radical (unpaired) electrons. The number of nitrogens with zero attached hydrogens (tertiary/aromatic N) is 2. The summed E-state index contributed by atoms with van der Waals surface area (Å²) in [6.07, 6.45) is 3.93. The van der Waals surface area contributed by atoms with Gasteiger partial charge in [-0.2, -0.15) is 0 Å². The molecule has 0 aliphatic rings. The maximum atomic E-state index is 12.6. The zero-order valence-corrected chi connectivity index (χ0v) is 19.7. The van der Waals surface area contributed by atoms with Crippen LogP contribution in [0.4, 0.5) is 5.69 Å². The average Bonchev–Trinajstić information content (AvgIpc) is 3.10. The Morgan fingerprint density at radius 1 is 1.06 bits per heavy atom. The zero-order chi connectivity index (χ0) is 22.9. The summed E-state index contributed by atoms with van der Waals surface area (Å²) < 4.78 is 28.6. The van der Waals surface area contributed by atoms with Gasteiger partial charge in [0, 0.05) is 26.7 Å². The van der Waals surface area contributed by atoms with Crippen LogP contribution in [-0.4, -0.2) is 43.3 Å². The van der Waals surface area contributed by atoms with E-state index in [1.54, 1.807) is 30.0 Å². The number of benzene rings is 3. The van der Waals surface area contributed by atoms with Gasteiger partial charge in [0.05, 0.1) is 31.1 Å². The molecule has 0 aliphatic heterocycles. The Hall–Kier alpha value is -2.74. The number of hydrogen-bond acceptors (Lipinski definition) is 4. The zero-order valence-electron chi connectivity index (χ0n) is 18.1. The Kier molecular flexibility index (Phi) is 6.33. The van der Waals surface area contributed by atoms with Crippen LogP contribution in [0.15, 0.2) is 78.2 Å². The summed E-state index contributed by atoms with van der Waals surface area (Å²) in [5, 5.41) is 13.2. The van der Waals surface area contributed by atoms with E-state index >= 15 is 0 Å². The fourth-order valence-electron chi connectivity index (χ4n) is 4.13. The molecule has 1 unspecified atom stereocenters. The van der Waals surface area contributed by atoms with Crippen molar-refractivity contribution < 1.29 is 13.5 Å². The van der Waals surface area contributed by atoms with Crippen LogP contribution in [0.2, 0.25) is 0 Å². The molecule has 1 heterocycles. The Balaban J connectivity index is 1.69. The van der Waals surface area contributed by atoms with Gasteiger partial charge < -0.3 is 9.67 Å². The van der Waals surface area contributed by atoms with Gasteiger partial charge in [0.2, 0.25) is 10.0 Å². The van der Waals surface area contributed by atoms with Gasteiger partial charge in [0.1, 0.15) is 0 Å². The molecule has 0 saturated carbocycles. The van der Waals surface area contributed by atoms with Crippen molar-refractivity contribution >= 4 is 55.4 Å². The number of rotatable bonds is 8. The Bertz CT molecular complexity index is 1340. The predicted octanol–water partition coefficient (Wildman–Crippen LogP) is 4.99. The second-order valence-electron chi connectivity index (χ2n) is 7.72. The Labute approximate surface area is 193 Å². The van der Waals surface area contributed by atoms with Crippen LogP contribution in [0.3, 0.4) is 0 Å². The highest BCUT2D eigenvalue weighted by atomic mass is 32.2. The minimum Gasteiger partial charge on any atom is -0.389 e. The van der Waals surface area contributed by atoms with Gasteiger partial charge in [-0.25, -0.2) is 8.42 Å². The molecule has 0 fully saturated rings. The third kappa shape index (κ3) is 4.28. The first-order chi connectivity index (χ1) is 15.3. The lowest BCUT2D eigenvalue weighted by Gasteiger charge is -2.26. The molecular weight excluding hydrogens is 440 g/mol. The van der Waals surface area contributed by atoms with E-state index in [-0.39, 0.29) is 13.1 Å². The molecule has 0 spiro atoms. The van der Waals surface area contributed by atoms with E-state index in [1.807, 2.05) is 48.7 Å². The van der Waals surface area contributed by atoms with Gasteiger partial charge in [-0.15, -0.1) is 11.8 Å². The summed E-state index contributed by atoms with van der Waals surface area (Å²) in [5.41, 5.74) is 3.40. The molecule has 166 valence electrons. The van der Waals surface area contributed by atoms with E-state index in [4.69, 9.17) is 0 Å². The monoisotopic (exact) mass is 466 g/mol. The molecule has 1 aromatic heterocycles. The number of thioether (sulfide) groups is 1. The molecule has 0 saturated heterocycles. The van der Waals surface area contributed by atoms with Crippen molar-refractivity contribution in [2.24, 2.45) is 0 Å². The molecule has 32 heavy (non-hydrogen) atoms. The quantitative estimate of drug-likeness (QED) is 0.372. The molecule has 5 nitrogen and oxygen atoms in total. The maximum Gasteiger partial charge on any atom is 0.232 e. The number of fused-ring (bicyclic) bond motifs is 3. The first-order valence-electron chi connectivity index (χ1n) is 10.3. The fraction of sp³-hybridized carbons (Fsp3) is 0.200. The summed E-state index contributed by atoms with van der Waals surface area (Å²) in [7, 11) is -3.60. The molecule has 0 bridgehead atoms. The van der Waals surface area contributed by atoms with E-state index in [0.29, 0.717) is 5.69 Å². The van der Waals surface area contributed by atoms with Crippen molar-refractivity contribution in [3.8, 4) is 0 Å². The maximum absolute atomic E-state index is 12.6. The first-order valence-corrected chi connectivity index (χ1v) is 13.3. The van der Waals surface area contributed by atoms with Crippen molar-refractivity contribution in [1.29, 1.82) is 0 Å². The lowest BCUT2D eigenvalue weighted by Crippen LogP contribution is -2.38. The molecule has 1 N–H and O–H groups in total. The third-order valence-corrected chi connectivity index (χ3v) is 7.54. The number of aromatic nitrogens is 1. The van der Waals surface area contributed by atoms with Gasteiger partial charge in [0.15, 0.2) is 0 Å². The molecule has 0 amide bonds. The standard InChI is InChI=1S/C25H26N2O3S2/c1-4-18-15-19(13-14-25(18)31-2)27(32(3,29)30)17-20(28)16-26-23-11-7-5-9-21(23)22-10-6-8-12-24(22)26/h4-15,20,28H,1,16-17H2,2-3H3. The SMILES string of the molecule is C=Cc1cc(N(CC(O)Cn2c3ccccc3c3ccccc32)S(C)(=O)=O)ccc1SC. The van der Waals surface area contributed by atoms with E-state index in [9.17, 15) is 13.5 Å². The topological polar surface area (TPSA) is 62.5 Å². The molecule has 4 rings (SSSR count). The minimum atomic E-state index is -3.60. The van der Waals surface area contributed by atoms with Gasteiger partial charge >= 0.3 is 0 Å². The van der Waals surface area contributed by atoms with Crippen LogP contribution in [-0.2, 0) is 16.6 Å². The first kappa shape index (κ1) is 22.5. The second kappa shape index (κ2) is 9.02. The minimum absolute atomic E-state index is 0.0468. The van der Waals surface area contributed by atoms with Crippen LogP contribution in [0.1, 0.15) is 5.56 Å². The predicted molar refractivity (Wildman–Crippen MR) is 136 cm³/mol. The van der Waals surface area contributed by atoms with Crippen LogP contribution >= 0.6 is 11.8 Å². The van der Waals surface area contributed by atoms with Gasteiger partial charge in [-0.1, -0.05) is 49.1 Å².